The fourth-order valence-corrected chi connectivity index (χ4v) is 2.44. The van der Waals surface area contributed by atoms with Gasteiger partial charge in [-0.25, -0.2) is 13.4 Å². The van der Waals surface area contributed by atoms with Gasteiger partial charge in [0.25, 0.3) is 0 Å². The molecular weight excluding hydrogens is 296 g/mol. The molecule has 2 N–H and O–H groups in total. The predicted molar refractivity (Wildman–Crippen MR) is 81.4 cm³/mol. The van der Waals surface area contributed by atoms with Gasteiger partial charge in [0.1, 0.15) is 5.84 Å². The van der Waals surface area contributed by atoms with Crippen molar-refractivity contribution in [2.45, 2.75) is 4.90 Å². The Morgan fingerprint density at radius 2 is 1.80 bits per heavy atom. The number of halogens is 1. The van der Waals surface area contributed by atoms with Crippen molar-refractivity contribution in [2.24, 2.45) is 10.7 Å². The first-order chi connectivity index (χ1) is 9.36. The van der Waals surface area contributed by atoms with Crippen molar-refractivity contribution in [1.82, 2.24) is 0 Å². The second-order valence-corrected chi connectivity index (χ2v) is 6.73. The summed E-state index contributed by atoms with van der Waals surface area (Å²) in [5.41, 5.74) is 7.18. The van der Waals surface area contributed by atoms with Crippen molar-refractivity contribution < 1.29 is 8.42 Å². The molecular formula is C14H13ClN2O2S. The Labute approximate surface area is 122 Å². The maximum atomic E-state index is 11.4. The quantitative estimate of drug-likeness (QED) is 0.700. The molecule has 0 fully saturated rings. The minimum absolute atomic E-state index is 0.248. The van der Waals surface area contributed by atoms with Gasteiger partial charge in [-0.05, 0) is 36.4 Å². The van der Waals surface area contributed by atoms with Crippen LogP contribution in [0, 0.1) is 0 Å². The van der Waals surface area contributed by atoms with E-state index in [0.717, 1.165) is 6.26 Å². The Bertz CT molecular complexity index is 753. The summed E-state index contributed by atoms with van der Waals surface area (Å²) in [7, 11) is -3.20. The van der Waals surface area contributed by atoms with Gasteiger partial charge in [0.15, 0.2) is 9.84 Å². The van der Waals surface area contributed by atoms with Gasteiger partial charge in [0, 0.05) is 16.8 Å². The highest BCUT2D eigenvalue weighted by Crippen LogP contribution is 2.18. The monoisotopic (exact) mass is 308 g/mol. The molecule has 2 aromatic rings. The molecule has 104 valence electrons. The lowest BCUT2D eigenvalue weighted by Crippen LogP contribution is -2.12. The van der Waals surface area contributed by atoms with Gasteiger partial charge in [0.2, 0.25) is 0 Å². The van der Waals surface area contributed by atoms with Crippen LogP contribution in [0.1, 0.15) is 5.56 Å². The van der Waals surface area contributed by atoms with E-state index in [-0.39, 0.29) is 4.90 Å². The molecule has 0 bridgehead atoms. The number of amidine groups is 1. The average molecular weight is 309 g/mol. The SMILES string of the molecule is CS(=O)(=O)c1ccc(N=C(N)c2cccc(Cl)c2)cc1. The summed E-state index contributed by atoms with van der Waals surface area (Å²) < 4.78 is 22.7. The Kier molecular flexibility index (Phi) is 4.11. The van der Waals surface area contributed by atoms with Crippen molar-refractivity contribution in [3.63, 3.8) is 0 Å². The molecule has 0 spiro atoms. The third-order valence-electron chi connectivity index (χ3n) is 2.63. The molecule has 0 aliphatic carbocycles. The van der Waals surface area contributed by atoms with Crippen LogP contribution in [0.4, 0.5) is 5.69 Å². The zero-order valence-electron chi connectivity index (χ0n) is 10.7. The minimum Gasteiger partial charge on any atom is -0.383 e. The van der Waals surface area contributed by atoms with Crippen LogP contribution in [-0.2, 0) is 9.84 Å². The second-order valence-electron chi connectivity index (χ2n) is 4.27. The topological polar surface area (TPSA) is 72.5 Å². The summed E-state index contributed by atoms with van der Waals surface area (Å²) >= 11 is 5.89. The summed E-state index contributed by atoms with van der Waals surface area (Å²) in [4.78, 5) is 4.48. The molecule has 0 saturated carbocycles. The normalized spacial score (nSPS) is 12.4. The molecule has 4 nitrogen and oxygen atoms in total. The predicted octanol–water partition coefficient (Wildman–Crippen LogP) is 2.78. The number of nitrogens with two attached hydrogens (primary N) is 1. The van der Waals surface area contributed by atoms with E-state index in [4.69, 9.17) is 17.3 Å². The van der Waals surface area contributed by atoms with Gasteiger partial charge >= 0.3 is 0 Å². The summed E-state index contributed by atoms with van der Waals surface area (Å²) in [5.74, 6) is 0.319. The molecule has 6 heteroatoms. The number of aliphatic imine (C=N–C) groups is 1. The molecule has 20 heavy (non-hydrogen) atoms. The minimum atomic E-state index is -3.20. The zero-order chi connectivity index (χ0) is 14.8. The molecule has 2 aromatic carbocycles. The van der Waals surface area contributed by atoms with E-state index >= 15 is 0 Å². The molecule has 0 heterocycles. The molecule has 0 aromatic heterocycles. The van der Waals surface area contributed by atoms with Crippen LogP contribution in [0.3, 0.4) is 0 Å². The summed E-state index contributed by atoms with van der Waals surface area (Å²) in [5, 5.41) is 0.577. The molecule has 0 aliphatic rings. The summed E-state index contributed by atoms with van der Waals surface area (Å²) in [6.45, 7) is 0. The lowest BCUT2D eigenvalue weighted by Gasteiger charge is -2.03. The Morgan fingerprint density at radius 1 is 1.15 bits per heavy atom. The van der Waals surface area contributed by atoms with E-state index in [9.17, 15) is 8.42 Å². The van der Waals surface area contributed by atoms with Crippen LogP contribution in [0.25, 0.3) is 0 Å². The first-order valence-corrected chi connectivity index (χ1v) is 8.03. The third kappa shape index (κ3) is 3.59. The van der Waals surface area contributed by atoms with Crippen molar-refractivity contribution >= 4 is 33.0 Å². The molecule has 0 saturated heterocycles. The second kappa shape index (κ2) is 5.64. The molecule has 0 atom stereocenters. The average Bonchev–Trinajstić information content (AvgIpc) is 2.38. The highest BCUT2D eigenvalue weighted by molar-refractivity contribution is 7.90. The van der Waals surface area contributed by atoms with Crippen LogP contribution < -0.4 is 5.73 Å². The van der Waals surface area contributed by atoms with Gasteiger partial charge in [-0.3, -0.25) is 0 Å². The van der Waals surface area contributed by atoms with Crippen LogP contribution in [-0.4, -0.2) is 20.5 Å². The Balaban J connectivity index is 2.31. The number of hydrogen-bond acceptors (Lipinski definition) is 3. The third-order valence-corrected chi connectivity index (χ3v) is 4.00. The molecule has 0 amide bonds. The van der Waals surface area contributed by atoms with E-state index < -0.39 is 9.84 Å². The van der Waals surface area contributed by atoms with Crippen LogP contribution in [0.15, 0.2) is 58.4 Å². The van der Waals surface area contributed by atoms with E-state index in [0.29, 0.717) is 22.1 Å². The fourth-order valence-electron chi connectivity index (χ4n) is 1.62. The van der Waals surface area contributed by atoms with Gasteiger partial charge < -0.3 is 5.73 Å². The number of benzene rings is 2. The number of sulfone groups is 1. The summed E-state index contributed by atoms with van der Waals surface area (Å²) in [6, 6.07) is 13.3. The van der Waals surface area contributed by atoms with E-state index in [1.807, 2.05) is 0 Å². The van der Waals surface area contributed by atoms with Gasteiger partial charge in [-0.15, -0.1) is 0 Å². The van der Waals surface area contributed by atoms with Crippen LogP contribution in [0.5, 0.6) is 0 Å². The van der Waals surface area contributed by atoms with E-state index in [2.05, 4.69) is 4.99 Å². The zero-order valence-corrected chi connectivity index (χ0v) is 12.3. The van der Waals surface area contributed by atoms with E-state index in [1.54, 1.807) is 36.4 Å². The number of rotatable bonds is 3. The fraction of sp³-hybridized carbons (Fsp3) is 0.0714. The lowest BCUT2D eigenvalue weighted by molar-refractivity contribution is 0.602. The van der Waals surface area contributed by atoms with Crippen LogP contribution in [0.2, 0.25) is 5.02 Å². The van der Waals surface area contributed by atoms with Gasteiger partial charge in [-0.2, -0.15) is 0 Å². The first-order valence-electron chi connectivity index (χ1n) is 5.76. The van der Waals surface area contributed by atoms with Gasteiger partial charge in [0.05, 0.1) is 10.6 Å². The standard InChI is InChI=1S/C14H13ClN2O2S/c1-20(18,19)13-7-5-12(6-8-13)17-14(16)10-3-2-4-11(15)9-10/h2-9H,1H3,(H2,16,17). The molecule has 0 aliphatic heterocycles. The van der Waals surface area contributed by atoms with Crippen molar-refractivity contribution in [1.29, 1.82) is 0 Å². The van der Waals surface area contributed by atoms with E-state index in [1.165, 1.54) is 12.1 Å². The maximum absolute atomic E-state index is 11.4. The maximum Gasteiger partial charge on any atom is 0.175 e. The first kappa shape index (κ1) is 14.6. The van der Waals surface area contributed by atoms with Crippen LogP contribution >= 0.6 is 11.6 Å². The Hall–Kier alpha value is -1.85. The Morgan fingerprint density at radius 3 is 2.35 bits per heavy atom. The highest BCUT2D eigenvalue weighted by atomic mass is 35.5. The largest absolute Gasteiger partial charge is 0.383 e. The summed E-state index contributed by atoms with van der Waals surface area (Å²) in [6.07, 6.45) is 1.16. The van der Waals surface area contributed by atoms with Crippen molar-refractivity contribution in [3.05, 3.63) is 59.1 Å². The van der Waals surface area contributed by atoms with Crippen molar-refractivity contribution in [2.75, 3.05) is 6.26 Å². The number of nitrogens with zero attached hydrogens (tertiary/aromatic N) is 1. The highest BCUT2D eigenvalue weighted by Gasteiger charge is 2.06. The van der Waals surface area contributed by atoms with Gasteiger partial charge in [-0.1, -0.05) is 23.7 Å². The molecule has 2 rings (SSSR count). The number of hydrogen-bond donors (Lipinski definition) is 1. The molecule has 0 radical (unpaired) electrons. The lowest BCUT2D eigenvalue weighted by atomic mass is 10.2. The smallest absolute Gasteiger partial charge is 0.175 e. The molecule has 0 unspecified atom stereocenters. The van der Waals surface area contributed by atoms with Crippen molar-refractivity contribution in [3.8, 4) is 0 Å².